The van der Waals surface area contributed by atoms with Crippen molar-refractivity contribution in [1.82, 2.24) is 0 Å². The molecule has 0 aliphatic carbocycles. The average molecular weight is 982 g/mol. The van der Waals surface area contributed by atoms with Crippen LogP contribution in [0.3, 0.4) is 0 Å². The minimum atomic E-state index is -0.777. The van der Waals surface area contributed by atoms with Crippen molar-refractivity contribution in [3.8, 4) is 0 Å². The molecule has 0 saturated carbocycles. The average Bonchev–Trinajstić information content (AvgIpc) is 3.36. The Balaban J connectivity index is 4.30. The largest absolute Gasteiger partial charge is 0.462 e. The number of esters is 3. The van der Waals surface area contributed by atoms with Crippen LogP contribution in [0.15, 0.2) is 48.6 Å². The first kappa shape index (κ1) is 67.4. The second-order valence-electron chi connectivity index (χ2n) is 20.6. The predicted molar refractivity (Wildman–Crippen MR) is 302 cm³/mol. The van der Waals surface area contributed by atoms with Gasteiger partial charge in [0.05, 0.1) is 0 Å². The molecule has 0 heterocycles. The van der Waals surface area contributed by atoms with Gasteiger partial charge in [0.1, 0.15) is 13.2 Å². The Hall–Kier alpha value is -2.63. The molecular formula is C64H116O6. The summed E-state index contributed by atoms with van der Waals surface area (Å²) in [5.41, 5.74) is 0. The highest BCUT2D eigenvalue weighted by molar-refractivity contribution is 5.71. The standard InChI is InChI=1S/C64H116O6/c1-4-7-10-13-16-19-22-25-27-29-30-31-32-33-34-36-37-39-42-45-48-51-54-57-63(66)69-60-61(59-68-62(65)56-53-50-47-44-41-24-21-18-15-12-9-6-3)70-64(67)58-55-52-49-46-43-40-38-35-28-26-23-20-17-14-11-8-5-2/h18,21-22,25,29-30,32-33,61H,4-17,19-20,23-24,26-28,31,34-60H2,1-3H3/b21-18-,25-22-,30-29-,33-32-. The van der Waals surface area contributed by atoms with Gasteiger partial charge in [-0.15, -0.1) is 0 Å². The second-order valence-corrected chi connectivity index (χ2v) is 20.6. The molecular weight excluding hydrogens is 865 g/mol. The number of hydrogen-bond donors (Lipinski definition) is 0. The predicted octanol–water partition coefficient (Wildman–Crippen LogP) is 20.6. The minimum absolute atomic E-state index is 0.0766. The van der Waals surface area contributed by atoms with Gasteiger partial charge in [-0.05, 0) is 83.5 Å². The van der Waals surface area contributed by atoms with Crippen LogP contribution < -0.4 is 0 Å². The van der Waals surface area contributed by atoms with Crippen LogP contribution in [0, 0.1) is 0 Å². The van der Waals surface area contributed by atoms with Gasteiger partial charge in [0, 0.05) is 19.3 Å². The van der Waals surface area contributed by atoms with Gasteiger partial charge in [0.25, 0.3) is 0 Å². The molecule has 0 saturated heterocycles. The summed E-state index contributed by atoms with van der Waals surface area (Å²) in [5, 5.41) is 0. The fraction of sp³-hybridized carbons (Fsp3) is 0.828. The number of unbranched alkanes of at least 4 members (excludes halogenated alkanes) is 37. The van der Waals surface area contributed by atoms with Crippen molar-refractivity contribution < 1.29 is 28.6 Å². The Morgan fingerprint density at radius 2 is 0.514 bits per heavy atom. The highest BCUT2D eigenvalue weighted by Crippen LogP contribution is 2.17. The van der Waals surface area contributed by atoms with Gasteiger partial charge in [-0.2, -0.15) is 0 Å². The first-order valence-corrected chi connectivity index (χ1v) is 30.6. The molecule has 0 amide bonds. The van der Waals surface area contributed by atoms with E-state index in [9.17, 15) is 14.4 Å². The third-order valence-corrected chi connectivity index (χ3v) is 13.6. The summed E-state index contributed by atoms with van der Waals surface area (Å²) in [5.74, 6) is -0.875. The smallest absolute Gasteiger partial charge is 0.306 e. The first-order chi connectivity index (χ1) is 34.5. The molecule has 0 spiro atoms. The molecule has 6 heteroatoms. The van der Waals surface area contributed by atoms with E-state index < -0.39 is 6.10 Å². The number of allylic oxidation sites excluding steroid dienone is 8. The number of carbonyl (C=O) groups is 3. The van der Waals surface area contributed by atoms with Crippen LogP contribution in [0.25, 0.3) is 0 Å². The van der Waals surface area contributed by atoms with E-state index in [-0.39, 0.29) is 31.1 Å². The van der Waals surface area contributed by atoms with E-state index in [0.29, 0.717) is 19.3 Å². The summed E-state index contributed by atoms with van der Waals surface area (Å²) >= 11 is 0. The molecule has 0 aromatic carbocycles. The number of rotatable bonds is 56. The maximum atomic E-state index is 12.9. The minimum Gasteiger partial charge on any atom is -0.462 e. The Morgan fingerprint density at radius 3 is 0.843 bits per heavy atom. The van der Waals surface area contributed by atoms with Crippen LogP contribution in [0.2, 0.25) is 0 Å². The summed E-state index contributed by atoms with van der Waals surface area (Å²) in [7, 11) is 0. The zero-order valence-electron chi connectivity index (χ0n) is 46.8. The lowest BCUT2D eigenvalue weighted by Crippen LogP contribution is -2.30. The van der Waals surface area contributed by atoms with Gasteiger partial charge >= 0.3 is 17.9 Å². The normalized spacial score (nSPS) is 12.3. The third kappa shape index (κ3) is 56.3. The van der Waals surface area contributed by atoms with Crippen molar-refractivity contribution in [3.63, 3.8) is 0 Å². The molecule has 6 nitrogen and oxygen atoms in total. The summed E-state index contributed by atoms with van der Waals surface area (Å²) in [6.07, 6.45) is 72.5. The van der Waals surface area contributed by atoms with Gasteiger partial charge in [0.15, 0.2) is 6.10 Å². The van der Waals surface area contributed by atoms with Crippen molar-refractivity contribution in [2.24, 2.45) is 0 Å². The number of ether oxygens (including phenoxy) is 3. The fourth-order valence-electron chi connectivity index (χ4n) is 8.92. The molecule has 0 aliphatic rings. The van der Waals surface area contributed by atoms with Gasteiger partial charge < -0.3 is 14.2 Å². The molecule has 0 aliphatic heterocycles. The molecule has 0 aromatic heterocycles. The van der Waals surface area contributed by atoms with E-state index in [1.807, 2.05) is 0 Å². The summed E-state index contributed by atoms with van der Waals surface area (Å²) in [6.45, 7) is 6.63. The van der Waals surface area contributed by atoms with E-state index in [2.05, 4.69) is 69.4 Å². The Kier molecular flexibility index (Phi) is 56.7. The quantitative estimate of drug-likeness (QED) is 0.0261. The first-order valence-electron chi connectivity index (χ1n) is 30.6. The second kappa shape index (κ2) is 58.9. The van der Waals surface area contributed by atoms with Crippen LogP contribution in [0.5, 0.6) is 0 Å². The zero-order valence-corrected chi connectivity index (χ0v) is 46.8. The lowest BCUT2D eigenvalue weighted by Gasteiger charge is -2.18. The summed E-state index contributed by atoms with van der Waals surface area (Å²) in [4.78, 5) is 38.2. The molecule has 0 fully saturated rings. The lowest BCUT2D eigenvalue weighted by molar-refractivity contribution is -0.167. The van der Waals surface area contributed by atoms with Crippen LogP contribution in [0.4, 0.5) is 0 Å². The third-order valence-electron chi connectivity index (χ3n) is 13.6. The van der Waals surface area contributed by atoms with E-state index in [4.69, 9.17) is 14.2 Å². The summed E-state index contributed by atoms with van der Waals surface area (Å²) in [6, 6.07) is 0. The lowest BCUT2D eigenvalue weighted by atomic mass is 10.0. The van der Waals surface area contributed by atoms with Crippen LogP contribution in [0.1, 0.15) is 323 Å². The summed E-state index contributed by atoms with van der Waals surface area (Å²) < 4.78 is 16.9. The molecule has 0 bridgehead atoms. The van der Waals surface area contributed by atoms with Crippen molar-refractivity contribution >= 4 is 17.9 Å². The SMILES string of the molecule is CCCCC/C=C\CCCCCCCC(=O)OCC(COC(=O)CCCCCCCCCC/C=C\C/C=C\C/C=C\CCCCCCC)OC(=O)CCCCCCCCCCCCCCCCCCC. The van der Waals surface area contributed by atoms with Crippen LogP contribution in [-0.4, -0.2) is 37.2 Å². The van der Waals surface area contributed by atoms with E-state index in [0.717, 1.165) is 83.5 Å². The van der Waals surface area contributed by atoms with Crippen molar-refractivity contribution in [2.75, 3.05) is 13.2 Å². The molecule has 0 rings (SSSR count). The van der Waals surface area contributed by atoms with Gasteiger partial charge in [-0.1, -0.05) is 268 Å². The molecule has 1 unspecified atom stereocenters. The fourth-order valence-corrected chi connectivity index (χ4v) is 8.92. The molecule has 1 atom stereocenters. The van der Waals surface area contributed by atoms with Gasteiger partial charge in [-0.3, -0.25) is 14.4 Å². The van der Waals surface area contributed by atoms with E-state index in [1.54, 1.807) is 0 Å². The van der Waals surface area contributed by atoms with Crippen molar-refractivity contribution in [2.45, 2.75) is 329 Å². The zero-order chi connectivity index (χ0) is 50.7. The number of carbonyl (C=O) groups excluding carboxylic acids is 3. The highest BCUT2D eigenvalue weighted by Gasteiger charge is 2.19. The van der Waals surface area contributed by atoms with Gasteiger partial charge in [-0.25, -0.2) is 0 Å². The maximum absolute atomic E-state index is 12.9. The van der Waals surface area contributed by atoms with Crippen molar-refractivity contribution in [3.05, 3.63) is 48.6 Å². The monoisotopic (exact) mass is 981 g/mol. The van der Waals surface area contributed by atoms with Crippen molar-refractivity contribution in [1.29, 1.82) is 0 Å². The molecule has 0 N–H and O–H groups in total. The Labute approximate surface area is 435 Å². The number of hydrogen-bond acceptors (Lipinski definition) is 6. The Morgan fingerprint density at radius 1 is 0.286 bits per heavy atom. The maximum Gasteiger partial charge on any atom is 0.306 e. The van der Waals surface area contributed by atoms with E-state index >= 15 is 0 Å². The van der Waals surface area contributed by atoms with Crippen LogP contribution in [-0.2, 0) is 28.6 Å². The highest BCUT2D eigenvalue weighted by atomic mass is 16.6. The Bertz CT molecular complexity index is 1220. The topological polar surface area (TPSA) is 78.9 Å². The van der Waals surface area contributed by atoms with Crippen LogP contribution >= 0.6 is 0 Å². The molecule has 408 valence electrons. The molecule has 0 radical (unpaired) electrons. The van der Waals surface area contributed by atoms with Gasteiger partial charge in [0.2, 0.25) is 0 Å². The molecule has 0 aromatic rings. The molecule has 70 heavy (non-hydrogen) atoms. The van der Waals surface area contributed by atoms with E-state index in [1.165, 1.54) is 199 Å².